The largest absolute Gasteiger partial charge is 0.508 e. The summed E-state index contributed by atoms with van der Waals surface area (Å²) in [6.07, 6.45) is 3.67. The molecule has 7 aromatic rings. The van der Waals surface area contributed by atoms with Crippen LogP contribution < -0.4 is 107 Å². The lowest BCUT2D eigenvalue weighted by atomic mass is 9.90. The highest BCUT2D eigenvalue weighted by Gasteiger charge is 2.36. The van der Waals surface area contributed by atoms with Crippen molar-refractivity contribution >= 4 is 145 Å². The maximum Gasteiger partial charge on any atom is 0.336 e. The van der Waals surface area contributed by atoms with Crippen LogP contribution in [0.25, 0.3) is 33.4 Å². The molecule has 6 aromatic carbocycles. The van der Waals surface area contributed by atoms with E-state index in [1.54, 1.807) is 37.3 Å². The minimum Gasteiger partial charge on any atom is -0.508 e. The molecule has 0 saturated carbocycles. The monoisotopic (exact) mass is 1780 g/mol. The molecule has 12 amide bonds. The number of carboxylic acids is 1. The number of amides is 12. The number of aliphatic hydroxyl groups is 1. The summed E-state index contributed by atoms with van der Waals surface area (Å²) in [5.41, 5.74) is 26.0. The Kier molecular flexibility index (Phi) is 29.8. The Balaban J connectivity index is 0.695. The highest BCUT2D eigenvalue weighted by Crippen LogP contribution is 2.43. The van der Waals surface area contributed by atoms with Gasteiger partial charge in [-0.25, -0.2) is 4.79 Å². The van der Waals surface area contributed by atoms with Crippen LogP contribution >= 0.6 is 0 Å². The topological polar surface area (TPSA) is 618 Å². The molecule has 2 fully saturated rings. The number of aliphatic hydroxyl groups excluding tert-OH is 1. The Morgan fingerprint density at radius 2 is 1.04 bits per heavy atom. The first-order valence-electron chi connectivity index (χ1n) is 42.7. The number of anilines is 10. The summed E-state index contributed by atoms with van der Waals surface area (Å²) in [6, 6.07) is 25.9. The highest BCUT2D eigenvalue weighted by molar-refractivity contribution is 6.10. The number of phenolic OH excluding ortho intramolecular Hbond substituents is 1. The molecule has 0 bridgehead atoms. The van der Waals surface area contributed by atoms with E-state index in [2.05, 4.69) is 69.1 Å². The second-order valence-corrected chi connectivity index (χ2v) is 32.2. The molecule has 130 heavy (non-hydrogen) atoms. The quantitative estimate of drug-likeness (QED) is 0.0246. The summed E-state index contributed by atoms with van der Waals surface area (Å²) in [5, 5.41) is 69.1. The van der Waals surface area contributed by atoms with Crippen LogP contribution in [-0.2, 0) is 51.4 Å². The summed E-state index contributed by atoms with van der Waals surface area (Å²) in [4.78, 5) is 209. The van der Waals surface area contributed by atoms with Gasteiger partial charge in [-0.15, -0.1) is 0 Å². The fourth-order valence-corrected chi connectivity index (χ4v) is 15.9. The van der Waals surface area contributed by atoms with Crippen molar-refractivity contribution in [3.8, 4) is 28.2 Å². The maximum absolute atomic E-state index is 14.5. The predicted octanol–water partition coefficient (Wildman–Crippen LogP) is 4.63. The molecule has 6 heterocycles. The molecule has 13 rings (SSSR count). The molecule has 1 aliphatic carbocycles. The number of nitrogens with zero attached hydrogens (tertiary/aromatic N) is 5. The van der Waals surface area contributed by atoms with Crippen LogP contribution in [0.15, 0.2) is 137 Å². The number of aromatic nitrogens is 3. The number of piperidine rings is 2. The fourth-order valence-electron chi connectivity index (χ4n) is 15.9. The van der Waals surface area contributed by atoms with Crippen LogP contribution in [0.3, 0.4) is 0 Å². The van der Waals surface area contributed by atoms with Crippen molar-refractivity contribution in [2.75, 3.05) is 106 Å². The number of fused-ring (bicyclic) bond motifs is 6. The first-order chi connectivity index (χ1) is 62.5. The van der Waals surface area contributed by atoms with E-state index in [9.17, 15) is 82.4 Å². The van der Waals surface area contributed by atoms with Gasteiger partial charge in [0, 0.05) is 131 Å². The molecule has 5 aliphatic heterocycles. The lowest BCUT2D eigenvalue weighted by molar-refractivity contribution is -0.128. The van der Waals surface area contributed by atoms with Gasteiger partial charge in [0.25, 0.3) is 11.8 Å². The number of benzene rings is 7. The number of carbonyl (C=O) groups is 13. The summed E-state index contributed by atoms with van der Waals surface area (Å²) < 4.78 is 6.05. The molecule has 40 heteroatoms. The lowest BCUT2D eigenvalue weighted by Crippen LogP contribution is -2.55. The van der Waals surface area contributed by atoms with Crippen molar-refractivity contribution < 1.29 is 82.1 Å². The second kappa shape index (κ2) is 42.0. The fraction of sp³-hybridized carbons (Fsp3) is 0.344. The number of carboxylic acid groups (broad SMARTS) is 1. The van der Waals surface area contributed by atoms with Gasteiger partial charge in [0.05, 0.1) is 36.4 Å². The van der Waals surface area contributed by atoms with Crippen LogP contribution in [-0.4, -0.2) is 190 Å². The van der Waals surface area contributed by atoms with E-state index in [1.165, 1.54) is 97.1 Å². The Bertz CT molecular complexity index is 5910. The first kappa shape index (κ1) is 92.5. The molecule has 680 valence electrons. The van der Waals surface area contributed by atoms with Crippen molar-refractivity contribution in [1.29, 1.82) is 0 Å². The van der Waals surface area contributed by atoms with E-state index in [1.807, 2.05) is 16.7 Å². The number of hydrogen-bond donors (Lipinski definition) is 20. The highest BCUT2D eigenvalue weighted by atomic mass is 16.4. The number of aromatic hydroxyl groups is 1. The second-order valence-electron chi connectivity index (χ2n) is 32.2. The Morgan fingerprint density at radius 3 is 1.55 bits per heavy atom. The van der Waals surface area contributed by atoms with Crippen molar-refractivity contribution in [2.45, 2.75) is 122 Å². The van der Waals surface area contributed by atoms with E-state index in [-0.39, 0.29) is 198 Å². The van der Waals surface area contributed by atoms with E-state index in [4.69, 9.17) is 42.3 Å². The van der Waals surface area contributed by atoms with Gasteiger partial charge in [-0.3, -0.25) is 62.3 Å². The van der Waals surface area contributed by atoms with Crippen molar-refractivity contribution in [1.82, 2.24) is 46.9 Å². The third-order valence-corrected chi connectivity index (χ3v) is 23.3. The molecule has 2 saturated heterocycles. The van der Waals surface area contributed by atoms with Gasteiger partial charge in [-0.2, -0.15) is 15.0 Å². The van der Waals surface area contributed by atoms with Gasteiger partial charge in [0.15, 0.2) is 5.43 Å². The molecular formula is C90H102N22O18. The van der Waals surface area contributed by atoms with Crippen LogP contribution in [0.2, 0.25) is 0 Å². The third-order valence-electron chi connectivity index (χ3n) is 23.3. The molecule has 0 radical (unpaired) electrons. The Hall–Kier alpha value is -15.2. The van der Waals surface area contributed by atoms with Gasteiger partial charge in [-0.05, 0) is 197 Å². The van der Waals surface area contributed by atoms with E-state index in [0.29, 0.717) is 66.3 Å². The van der Waals surface area contributed by atoms with Crippen LogP contribution in [0.4, 0.5) is 57.7 Å². The number of primary amides is 2. The van der Waals surface area contributed by atoms with E-state index >= 15 is 0 Å². The number of unbranched alkanes of at least 4 members (excludes halogenated alkanes) is 2. The first-order valence-corrected chi connectivity index (χ1v) is 42.7. The summed E-state index contributed by atoms with van der Waals surface area (Å²) in [6.45, 7) is 3.29. The molecule has 6 aliphatic rings. The van der Waals surface area contributed by atoms with Gasteiger partial charge >= 0.3 is 5.97 Å². The average molecular weight is 1780 g/mol. The SMILES string of the molecule is CC[C@H](C)[C@@H]1NC(=O)c2cc(NC(=O)CNC(=O)C3CCN(c4nc(Nc5ccc(-c6c7ccc(=O)cc-7oc7cc(O)ccc67)c(C(=O)O)c5)nc(N5CCC(C(=O)NCC(=O)Nc6ccc7c(c6)C(=O)N[C@@H](CCCCN)C(=O)N[C@@H](CO)C(=O)Nc6cc(C(N)=O)ccc6CN7)CC5)n4)CC3)ccc2NCc2ccc(C(N)=O)cc2NC(=O)[C@H](CCCCN)NC1=O. The normalized spacial score (nSPS) is 17.4. The van der Waals surface area contributed by atoms with E-state index < -0.39 is 138 Å². The van der Waals surface area contributed by atoms with Gasteiger partial charge in [-0.1, -0.05) is 38.5 Å². The standard InChI is InChI=1S/C90H102N22O18/c1-3-46(2)76-86(127)103-67(9-5-7-29-92)83(124)104-68-34-49(77(93)118)10-12-51(68)41-96-65-23-16-54(38-63(65)82(123)107-76)100-74(117)44-98-80(121)48-26-32-112(33-27-48)90-109-88(101-55-14-19-58(61(36-55)87(128)129)75-59-20-17-56(114)39-71(59)130-72-40-57(115)18-21-60(72)75)108-89(110-90)111-30-24-47(25-31-111)79(120)97-43-73(116)99-53-15-22-64-62(37-53)81(122)102-66(8-4-6-28-91)84(125)106-70(45-113)85(126)105-69-35-50(78(94)119)11-13-52(69)42-95-64/h10-23,34-40,46-48,66-67,70,76,95-96,113-114H,3-9,24-33,41-45,91-92H2,1-2H3,(H2,93,118)(H2,94,119)(H,97,120)(H,98,121)(H,99,116)(H,100,117)(H,102,122)(H,103,127)(H,104,124)(H,105,126)(H,106,125)(H,107,123)(H,128,129)(H,101,108,109,110)/t46-,66-,67-,70-,76-/m0/s1. The molecule has 1 aromatic heterocycles. The van der Waals surface area contributed by atoms with E-state index in [0.717, 1.165) is 0 Å². The van der Waals surface area contributed by atoms with Crippen LogP contribution in [0.1, 0.15) is 147 Å². The number of nitrogens with two attached hydrogens (primary N) is 4. The predicted molar refractivity (Wildman–Crippen MR) is 483 cm³/mol. The smallest absolute Gasteiger partial charge is 0.336 e. The minimum absolute atomic E-state index is 0.0146. The van der Waals surface area contributed by atoms with Crippen LogP contribution in [0, 0.1) is 17.8 Å². The lowest BCUT2D eigenvalue weighted by Gasteiger charge is -2.34. The van der Waals surface area contributed by atoms with Gasteiger partial charge < -0.3 is 122 Å². The zero-order valence-corrected chi connectivity index (χ0v) is 71.2. The summed E-state index contributed by atoms with van der Waals surface area (Å²) in [5.74, 6) is -10.6. The summed E-state index contributed by atoms with van der Waals surface area (Å²) >= 11 is 0. The number of nitrogens with one attached hydrogen (secondary N) is 13. The molecular weight excluding hydrogens is 1680 g/mol. The van der Waals surface area contributed by atoms with Gasteiger partial charge in [0.1, 0.15) is 41.3 Å². The third kappa shape index (κ3) is 22.6. The molecule has 40 nitrogen and oxygen atoms in total. The minimum atomic E-state index is -1.48. The molecule has 0 unspecified atom stereocenters. The zero-order valence-electron chi connectivity index (χ0n) is 71.2. The van der Waals surface area contributed by atoms with Crippen molar-refractivity contribution in [2.24, 2.45) is 40.7 Å². The number of phenols is 1. The Morgan fingerprint density at radius 1 is 0.531 bits per heavy atom. The molecule has 5 atom stereocenters. The molecule has 0 spiro atoms. The summed E-state index contributed by atoms with van der Waals surface area (Å²) in [7, 11) is 0. The number of hydrogen-bond acceptors (Lipinski definition) is 27. The number of carbonyl (C=O) groups excluding carboxylic acids is 12. The maximum atomic E-state index is 14.5. The number of aromatic carboxylic acids is 1. The van der Waals surface area contributed by atoms with Crippen molar-refractivity contribution in [3.05, 3.63) is 177 Å². The van der Waals surface area contributed by atoms with Crippen LogP contribution in [0.5, 0.6) is 5.75 Å². The molecule has 24 N–H and O–H groups in total. The number of rotatable bonds is 27. The van der Waals surface area contributed by atoms with Gasteiger partial charge in [0.2, 0.25) is 76.9 Å². The zero-order chi connectivity index (χ0) is 92.6. The Labute approximate surface area is 744 Å². The van der Waals surface area contributed by atoms with Crippen molar-refractivity contribution in [3.63, 3.8) is 0 Å². The average Bonchev–Trinajstić information content (AvgIpc) is 0.744.